The molecule has 0 saturated heterocycles. The lowest BCUT2D eigenvalue weighted by molar-refractivity contribution is 0.101. The highest BCUT2D eigenvalue weighted by atomic mass is 79.9. The molecule has 0 fully saturated rings. The Hall–Kier alpha value is -0.930. The van der Waals surface area contributed by atoms with Gasteiger partial charge in [0.05, 0.1) is 10.5 Å². The molecule has 1 aromatic carbocycles. The fraction of sp³-hybridized carbons (Fsp3) is 0.0909. The van der Waals surface area contributed by atoms with E-state index in [4.69, 9.17) is 11.6 Å². The van der Waals surface area contributed by atoms with Crippen LogP contribution in [0.25, 0.3) is 10.9 Å². The first-order chi connectivity index (χ1) is 7.08. The van der Waals surface area contributed by atoms with Gasteiger partial charge >= 0.3 is 0 Å². The first-order valence-electron chi connectivity index (χ1n) is 4.34. The zero-order valence-electron chi connectivity index (χ0n) is 7.92. The van der Waals surface area contributed by atoms with Crippen LogP contribution in [0.15, 0.2) is 28.7 Å². The molecule has 0 aliphatic carbocycles. The van der Waals surface area contributed by atoms with Gasteiger partial charge in [-0.2, -0.15) is 0 Å². The number of hydrogen-bond acceptors (Lipinski definition) is 2. The number of Topliss-reactive ketones (excluding diaryl/α,β-unsaturated/α-hetero) is 1. The van der Waals surface area contributed by atoms with Gasteiger partial charge in [-0.1, -0.05) is 33.6 Å². The highest BCUT2D eigenvalue weighted by molar-refractivity contribution is 9.10. The topological polar surface area (TPSA) is 30.0 Å². The molecule has 0 atom stereocenters. The van der Waals surface area contributed by atoms with Crippen molar-refractivity contribution in [3.8, 4) is 0 Å². The highest BCUT2D eigenvalue weighted by Crippen LogP contribution is 2.25. The van der Waals surface area contributed by atoms with E-state index in [1.165, 1.54) is 6.92 Å². The van der Waals surface area contributed by atoms with Crippen molar-refractivity contribution >= 4 is 44.2 Å². The highest BCUT2D eigenvalue weighted by Gasteiger charge is 2.07. The Labute approximate surface area is 100 Å². The average Bonchev–Trinajstić information content (AvgIpc) is 2.16. The van der Waals surface area contributed by atoms with Crippen molar-refractivity contribution in [1.29, 1.82) is 0 Å². The second-order valence-corrected chi connectivity index (χ2v) is 4.53. The molecule has 15 heavy (non-hydrogen) atoms. The van der Waals surface area contributed by atoms with Crippen LogP contribution < -0.4 is 0 Å². The van der Waals surface area contributed by atoms with Crippen LogP contribution in [-0.4, -0.2) is 10.8 Å². The number of ketones is 1. The minimum atomic E-state index is -0.0845. The molecule has 4 heteroatoms. The summed E-state index contributed by atoms with van der Waals surface area (Å²) in [6.45, 7) is 1.47. The van der Waals surface area contributed by atoms with Crippen LogP contribution in [-0.2, 0) is 0 Å². The molecule has 0 bridgehead atoms. The minimum absolute atomic E-state index is 0.0845. The second kappa shape index (κ2) is 3.91. The van der Waals surface area contributed by atoms with E-state index in [1.807, 2.05) is 18.2 Å². The molecule has 2 nitrogen and oxygen atoms in total. The number of aromatic nitrogens is 1. The lowest BCUT2D eigenvalue weighted by Gasteiger charge is -2.03. The zero-order valence-corrected chi connectivity index (χ0v) is 10.3. The lowest BCUT2D eigenvalue weighted by Crippen LogP contribution is -1.97. The molecule has 2 rings (SSSR count). The van der Waals surface area contributed by atoms with E-state index in [0.717, 1.165) is 15.4 Å². The summed E-state index contributed by atoms with van der Waals surface area (Å²) < 4.78 is 0.916. The summed E-state index contributed by atoms with van der Waals surface area (Å²) in [6.07, 6.45) is 0. The van der Waals surface area contributed by atoms with Crippen LogP contribution in [0.2, 0.25) is 5.02 Å². The van der Waals surface area contributed by atoms with E-state index in [2.05, 4.69) is 20.9 Å². The third-order valence-electron chi connectivity index (χ3n) is 2.08. The van der Waals surface area contributed by atoms with Gasteiger partial charge in [-0.3, -0.25) is 4.79 Å². The molecular weight excluding hydrogens is 277 g/mol. The minimum Gasteiger partial charge on any atom is -0.293 e. The SMILES string of the molecule is CC(=O)c1cc(Cl)c2ccc(Br)cc2n1. The lowest BCUT2D eigenvalue weighted by atomic mass is 10.2. The molecule has 0 aliphatic heterocycles. The van der Waals surface area contributed by atoms with Crippen molar-refractivity contribution < 1.29 is 4.79 Å². The first kappa shape index (κ1) is 10.6. The summed E-state index contributed by atoms with van der Waals surface area (Å²) in [4.78, 5) is 15.4. The molecule has 1 aromatic heterocycles. The first-order valence-corrected chi connectivity index (χ1v) is 5.52. The number of carbonyl (C=O) groups is 1. The Balaban J connectivity index is 2.79. The number of halogens is 2. The van der Waals surface area contributed by atoms with E-state index >= 15 is 0 Å². The normalized spacial score (nSPS) is 10.6. The van der Waals surface area contributed by atoms with Crippen molar-refractivity contribution in [3.63, 3.8) is 0 Å². The van der Waals surface area contributed by atoms with Crippen LogP contribution in [0.5, 0.6) is 0 Å². The Morgan fingerprint density at radius 1 is 1.40 bits per heavy atom. The van der Waals surface area contributed by atoms with Gasteiger partial charge in [-0.05, 0) is 18.2 Å². The quantitative estimate of drug-likeness (QED) is 0.744. The second-order valence-electron chi connectivity index (χ2n) is 3.21. The molecule has 1 heterocycles. The molecule has 0 amide bonds. The number of pyridine rings is 1. The van der Waals surface area contributed by atoms with Crippen LogP contribution >= 0.6 is 27.5 Å². The number of fused-ring (bicyclic) bond motifs is 1. The summed E-state index contributed by atoms with van der Waals surface area (Å²) in [7, 11) is 0. The number of carbonyl (C=O) groups excluding carboxylic acids is 1. The standard InChI is InChI=1S/C11H7BrClNO/c1-6(15)10-5-9(13)8-3-2-7(12)4-11(8)14-10/h2-5H,1H3. The molecule has 0 spiro atoms. The van der Waals surface area contributed by atoms with Gasteiger partial charge < -0.3 is 0 Å². The Bertz CT molecular complexity index is 554. The maximum Gasteiger partial charge on any atom is 0.178 e. The molecule has 0 radical (unpaired) electrons. The van der Waals surface area contributed by atoms with E-state index in [-0.39, 0.29) is 5.78 Å². The Morgan fingerprint density at radius 3 is 2.80 bits per heavy atom. The number of hydrogen-bond donors (Lipinski definition) is 0. The number of nitrogens with zero attached hydrogens (tertiary/aromatic N) is 1. The van der Waals surface area contributed by atoms with Gasteiger partial charge in [0.15, 0.2) is 5.78 Å². The van der Waals surface area contributed by atoms with Gasteiger partial charge in [0.25, 0.3) is 0 Å². The average molecular weight is 285 g/mol. The van der Waals surface area contributed by atoms with Gasteiger partial charge in [0.1, 0.15) is 5.69 Å². The fourth-order valence-corrected chi connectivity index (χ4v) is 1.95. The van der Waals surface area contributed by atoms with Gasteiger partial charge in [0.2, 0.25) is 0 Å². The van der Waals surface area contributed by atoms with Crippen LogP contribution in [0, 0.1) is 0 Å². The van der Waals surface area contributed by atoms with Crippen molar-refractivity contribution in [1.82, 2.24) is 4.98 Å². The van der Waals surface area contributed by atoms with Crippen molar-refractivity contribution in [2.24, 2.45) is 0 Å². The summed E-state index contributed by atoms with van der Waals surface area (Å²) >= 11 is 9.40. The molecule has 76 valence electrons. The predicted octanol–water partition coefficient (Wildman–Crippen LogP) is 3.85. The molecule has 0 unspecified atom stereocenters. The molecule has 0 saturated carbocycles. The predicted molar refractivity (Wildman–Crippen MR) is 64.5 cm³/mol. The van der Waals surface area contributed by atoms with Crippen LogP contribution in [0.1, 0.15) is 17.4 Å². The van der Waals surface area contributed by atoms with Crippen LogP contribution in [0.3, 0.4) is 0 Å². The third kappa shape index (κ3) is 2.03. The molecule has 2 aromatic rings. The number of rotatable bonds is 1. The van der Waals surface area contributed by atoms with E-state index in [0.29, 0.717) is 10.7 Å². The summed E-state index contributed by atoms with van der Waals surface area (Å²) in [5.41, 5.74) is 1.12. The smallest absolute Gasteiger partial charge is 0.178 e. The Morgan fingerprint density at radius 2 is 2.13 bits per heavy atom. The third-order valence-corrected chi connectivity index (χ3v) is 2.89. The van der Waals surface area contributed by atoms with E-state index in [1.54, 1.807) is 6.07 Å². The zero-order chi connectivity index (χ0) is 11.0. The monoisotopic (exact) mass is 283 g/mol. The fourth-order valence-electron chi connectivity index (χ4n) is 1.34. The number of benzene rings is 1. The summed E-state index contributed by atoms with van der Waals surface area (Å²) in [6, 6.07) is 7.20. The molecule has 0 aliphatic rings. The van der Waals surface area contributed by atoms with E-state index < -0.39 is 0 Å². The van der Waals surface area contributed by atoms with Crippen molar-refractivity contribution in [3.05, 3.63) is 39.5 Å². The van der Waals surface area contributed by atoms with Crippen molar-refractivity contribution in [2.45, 2.75) is 6.92 Å². The largest absolute Gasteiger partial charge is 0.293 e. The van der Waals surface area contributed by atoms with Gasteiger partial charge in [-0.25, -0.2) is 4.98 Å². The maximum atomic E-state index is 11.2. The maximum absolute atomic E-state index is 11.2. The Kier molecular flexibility index (Phi) is 2.76. The summed E-state index contributed by atoms with van der Waals surface area (Å²) in [5, 5.41) is 1.41. The van der Waals surface area contributed by atoms with Crippen molar-refractivity contribution in [2.75, 3.05) is 0 Å². The van der Waals surface area contributed by atoms with Crippen LogP contribution in [0.4, 0.5) is 0 Å². The summed E-state index contributed by atoms with van der Waals surface area (Å²) in [5.74, 6) is -0.0845. The van der Waals surface area contributed by atoms with Gasteiger partial charge in [0, 0.05) is 16.8 Å². The van der Waals surface area contributed by atoms with E-state index in [9.17, 15) is 4.79 Å². The van der Waals surface area contributed by atoms with Gasteiger partial charge in [-0.15, -0.1) is 0 Å². The molecular formula is C11H7BrClNO. The molecule has 0 N–H and O–H groups in total.